The van der Waals surface area contributed by atoms with Crippen molar-refractivity contribution < 1.29 is 4.79 Å². The number of rotatable bonds is 5. The minimum atomic E-state index is -0.503. The van der Waals surface area contributed by atoms with E-state index in [-0.39, 0.29) is 17.5 Å². The van der Waals surface area contributed by atoms with Gasteiger partial charge in [0.25, 0.3) is 5.56 Å². The van der Waals surface area contributed by atoms with Crippen LogP contribution in [0.25, 0.3) is 21.8 Å². The highest BCUT2D eigenvalue weighted by molar-refractivity contribution is 6.08. The summed E-state index contributed by atoms with van der Waals surface area (Å²) in [5, 5.41) is 11.2. The third kappa shape index (κ3) is 2.97. The van der Waals surface area contributed by atoms with Crippen LogP contribution in [0.1, 0.15) is 37.9 Å². The molecule has 6 nitrogen and oxygen atoms in total. The molecule has 2 N–H and O–H groups in total. The number of carbonyl (C=O) groups excluding carboxylic acids is 1. The van der Waals surface area contributed by atoms with Crippen LogP contribution in [0.15, 0.2) is 65.6 Å². The van der Waals surface area contributed by atoms with Gasteiger partial charge in [0, 0.05) is 10.8 Å². The van der Waals surface area contributed by atoms with Crippen molar-refractivity contribution in [2.75, 3.05) is 0 Å². The standard InChI is InChI=1S/C22H22N4O2/c1-3-18(21(27)24-14(2)15-9-5-4-6-10-15)26-19-12-8-7-11-16(19)17-13-23-25-22(28)20(17)26/h4-14,18H,3H2,1-2H3,(H,24,27)(H,25,28)/t14-,18+/m0/s1. The van der Waals surface area contributed by atoms with Crippen LogP contribution in [0.4, 0.5) is 0 Å². The Hall–Kier alpha value is -3.41. The van der Waals surface area contributed by atoms with Crippen LogP contribution in [0.3, 0.4) is 0 Å². The Morgan fingerprint density at radius 3 is 2.57 bits per heavy atom. The van der Waals surface area contributed by atoms with Crippen molar-refractivity contribution in [3.05, 3.63) is 76.7 Å². The van der Waals surface area contributed by atoms with E-state index in [0.29, 0.717) is 11.9 Å². The van der Waals surface area contributed by atoms with Gasteiger partial charge in [-0.15, -0.1) is 0 Å². The number of carbonyl (C=O) groups is 1. The monoisotopic (exact) mass is 374 g/mol. The Labute approximate surface area is 162 Å². The fourth-order valence-electron chi connectivity index (χ4n) is 3.80. The van der Waals surface area contributed by atoms with Crippen molar-refractivity contribution in [1.82, 2.24) is 20.1 Å². The molecule has 0 fully saturated rings. The molecular formula is C22H22N4O2. The quantitative estimate of drug-likeness (QED) is 0.559. The van der Waals surface area contributed by atoms with Crippen LogP contribution < -0.4 is 10.9 Å². The molecule has 2 atom stereocenters. The molecule has 2 aromatic heterocycles. The molecular weight excluding hydrogens is 352 g/mol. The Morgan fingerprint density at radius 1 is 1.11 bits per heavy atom. The molecule has 2 aromatic carbocycles. The highest BCUT2D eigenvalue weighted by atomic mass is 16.2. The number of aromatic amines is 1. The third-order valence-corrected chi connectivity index (χ3v) is 5.18. The minimum Gasteiger partial charge on any atom is -0.348 e. The highest BCUT2D eigenvalue weighted by Crippen LogP contribution is 2.31. The second-order valence-electron chi connectivity index (χ2n) is 6.91. The van der Waals surface area contributed by atoms with Gasteiger partial charge in [0.15, 0.2) is 0 Å². The minimum absolute atomic E-state index is 0.113. The molecule has 0 saturated heterocycles. The smallest absolute Gasteiger partial charge is 0.288 e. The van der Waals surface area contributed by atoms with Crippen LogP contribution >= 0.6 is 0 Å². The first-order valence-corrected chi connectivity index (χ1v) is 9.43. The lowest BCUT2D eigenvalue weighted by atomic mass is 10.1. The first-order valence-electron chi connectivity index (χ1n) is 9.43. The number of nitrogens with zero attached hydrogens (tertiary/aromatic N) is 2. The van der Waals surface area contributed by atoms with Crippen molar-refractivity contribution in [2.45, 2.75) is 32.4 Å². The average molecular weight is 374 g/mol. The number of nitrogens with one attached hydrogen (secondary N) is 2. The predicted molar refractivity (Wildman–Crippen MR) is 110 cm³/mol. The zero-order chi connectivity index (χ0) is 19.7. The van der Waals surface area contributed by atoms with E-state index in [2.05, 4.69) is 15.5 Å². The molecule has 0 aliphatic heterocycles. The maximum Gasteiger partial charge on any atom is 0.288 e. The van der Waals surface area contributed by atoms with Gasteiger partial charge in [0.1, 0.15) is 11.6 Å². The van der Waals surface area contributed by atoms with Crippen molar-refractivity contribution in [1.29, 1.82) is 0 Å². The van der Waals surface area contributed by atoms with Gasteiger partial charge in [-0.1, -0.05) is 55.5 Å². The SMILES string of the molecule is CC[C@H](C(=O)N[C@@H](C)c1ccccc1)n1c2ccccc2c2cn[nH]c(=O)c21. The summed E-state index contributed by atoms with van der Waals surface area (Å²) in [4.78, 5) is 25.8. The molecule has 142 valence electrons. The molecule has 0 radical (unpaired) electrons. The van der Waals surface area contributed by atoms with Gasteiger partial charge in [-0.3, -0.25) is 9.59 Å². The summed E-state index contributed by atoms with van der Waals surface area (Å²) in [7, 11) is 0. The number of aromatic nitrogens is 3. The first kappa shape index (κ1) is 18.0. The number of hydrogen-bond acceptors (Lipinski definition) is 3. The number of hydrogen-bond donors (Lipinski definition) is 2. The molecule has 4 rings (SSSR count). The number of para-hydroxylation sites is 1. The van der Waals surface area contributed by atoms with Crippen LogP contribution in [0, 0.1) is 0 Å². The molecule has 2 heterocycles. The fourth-order valence-corrected chi connectivity index (χ4v) is 3.80. The fraction of sp³-hybridized carbons (Fsp3) is 0.227. The highest BCUT2D eigenvalue weighted by Gasteiger charge is 2.26. The number of H-pyrrole nitrogens is 1. The van der Waals surface area contributed by atoms with E-state index < -0.39 is 6.04 Å². The lowest BCUT2D eigenvalue weighted by Gasteiger charge is -2.22. The topological polar surface area (TPSA) is 79.8 Å². The second-order valence-corrected chi connectivity index (χ2v) is 6.91. The van der Waals surface area contributed by atoms with E-state index in [0.717, 1.165) is 21.9 Å². The maximum atomic E-state index is 13.2. The molecule has 0 aliphatic rings. The van der Waals surface area contributed by atoms with Gasteiger partial charge in [-0.2, -0.15) is 5.10 Å². The Kier molecular flexibility index (Phi) is 4.69. The summed E-state index contributed by atoms with van der Waals surface area (Å²) in [5.74, 6) is -0.113. The molecule has 0 bridgehead atoms. The van der Waals surface area contributed by atoms with E-state index in [1.165, 1.54) is 0 Å². The Bertz CT molecular complexity index is 1190. The van der Waals surface area contributed by atoms with Crippen LogP contribution in [0.5, 0.6) is 0 Å². The lowest BCUT2D eigenvalue weighted by molar-refractivity contribution is -0.124. The normalized spacial score (nSPS) is 13.5. The van der Waals surface area contributed by atoms with Crippen LogP contribution in [0.2, 0.25) is 0 Å². The molecule has 1 amide bonds. The summed E-state index contributed by atoms with van der Waals surface area (Å²) in [6.45, 7) is 3.91. The Balaban J connectivity index is 1.80. The molecule has 0 saturated carbocycles. The van der Waals surface area contributed by atoms with Gasteiger partial charge < -0.3 is 9.88 Å². The first-order chi connectivity index (χ1) is 13.6. The van der Waals surface area contributed by atoms with Crippen molar-refractivity contribution in [3.8, 4) is 0 Å². The summed E-state index contributed by atoms with van der Waals surface area (Å²) in [6, 6.07) is 16.9. The zero-order valence-electron chi connectivity index (χ0n) is 15.8. The third-order valence-electron chi connectivity index (χ3n) is 5.18. The zero-order valence-corrected chi connectivity index (χ0v) is 15.8. The van der Waals surface area contributed by atoms with Gasteiger partial charge in [-0.25, -0.2) is 5.10 Å². The van der Waals surface area contributed by atoms with E-state index >= 15 is 0 Å². The van der Waals surface area contributed by atoms with Crippen molar-refractivity contribution in [3.63, 3.8) is 0 Å². The maximum absolute atomic E-state index is 13.2. The summed E-state index contributed by atoms with van der Waals surface area (Å²) in [5.41, 5.74) is 2.07. The molecule has 6 heteroatoms. The van der Waals surface area contributed by atoms with Gasteiger partial charge in [-0.05, 0) is 25.0 Å². The lowest BCUT2D eigenvalue weighted by Crippen LogP contribution is -2.34. The molecule has 0 unspecified atom stereocenters. The van der Waals surface area contributed by atoms with Gasteiger partial charge >= 0.3 is 0 Å². The molecule has 0 aliphatic carbocycles. The van der Waals surface area contributed by atoms with Gasteiger partial charge in [0.2, 0.25) is 5.91 Å². The molecule has 0 spiro atoms. The van der Waals surface area contributed by atoms with Crippen molar-refractivity contribution >= 4 is 27.7 Å². The summed E-state index contributed by atoms with van der Waals surface area (Å²) in [6.07, 6.45) is 2.20. The largest absolute Gasteiger partial charge is 0.348 e. The van der Waals surface area contributed by atoms with E-state index in [4.69, 9.17) is 0 Å². The Morgan fingerprint density at radius 2 is 1.82 bits per heavy atom. The van der Waals surface area contributed by atoms with Crippen LogP contribution in [-0.2, 0) is 4.79 Å². The van der Waals surface area contributed by atoms with E-state index in [1.807, 2.05) is 73.0 Å². The van der Waals surface area contributed by atoms with Crippen LogP contribution in [-0.4, -0.2) is 20.7 Å². The van der Waals surface area contributed by atoms with E-state index in [9.17, 15) is 9.59 Å². The number of fused-ring (bicyclic) bond motifs is 3. The van der Waals surface area contributed by atoms with Crippen molar-refractivity contribution in [2.24, 2.45) is 0 Å². The number of benzene rings is 2. The summed E-state index contributed by atoms with van der Waals surface area (Å²) >= 11 is 0. The average Bonchev–Trinajstić information content (AvgIpc) is 3.05. The second kappa shape index (κ2) is 7.31. The summed E-state index contributed by atoms with van der Waals surface area (Å²) < 4.78 is 1.85. The van der Waals surface area contributed by atoms with E-state index in [1.54, 1.807) is 6.20 Å². The molecule has 28 heavy (non-hydrogen) atoms. The number of amides is 1. The van der Waals surface area contributed by atoms with Gasteiger partial charge in [0.05, 0.1) is 17.8 Å². The predicted octanol–water partition coefficient (Wildman–Crippen LogP) is 3.71. The molecule has 4 aromatic rings.